The van der Waals surface area contributed by atoms with Gasteiger partial charge < -0.3 is 4.42 Å². The molecule has 29 heavy (non-hydrogen) atoms. The number of carbonyl (C=O) groups is 1. The van der Waals surface area contributed by atoms with Crippen molar-refractivity contribution < 1.29 is 14.4 Å². The first-order valence-electron chi connectivity index (χ1n) is 9.64. The van der Waals surface area contributed by atoms with E-state index in [1.165, 1.54) is 28.8 Å². The van der Waals surface area contributed by atoms with E-state index in [9.17, 15) is 4.79 Å². The number of benzene rings is 2. The zero-order valence-electron chi connectivity index (χ0n) is 16.7. The predicted molar refractivity (Wildman–Crippen MR) is 114 cm³/mol. The molecule has 0 saturated heterocycles. The maximum absolute atomic E-state index is 11.1. The summed E-state index contributed by atoms with van der Waals surface area (Å²) in [6, 6.07) is 23.1. The fourth-order valence-corrected chi connectivity index (χ4v) is 3.05. The summed E-state index contributed by atoms with van der Waals surface area (Å²) in [6.07, 6.45) is 2.74. The maximum Gasteiger partial charge on any atom is 0.267 e. The van der Waals surface area contributed by atoms with Gasteiger partial charge in [0.1, 0.15) is 11.5 Å². The van der Waals surface area contributed by atoms with Crippen molar-refractivity contribution in [2.45, 2.75) is 33.0 Å². The van der Waals surface area contributed by atoms with Gasteiger partial charge in [-0.05, 0) is 48.7 Å². The van der Waals surface area contributed by atoms with Gasteiger partial charge >= 0.3 is 0 Å². The molecule has 0 fully saturated rings. The molecule has 150 valence electrons. The zero-order valence-corrected chi connectivity index (χ0v) is 16.7. The van der Waals surface area contributed by atoms with Crippen LogP contribution in [-0.4, -0.2) is 22.1 Å². The molecule has 3 rings (SSSR count). The molecule has 1 aromatic heterocycles. The van der Waals surface area contributed by atoms with Crippen LogP contribution in [0.15, 0.2) is 77.2 Å². The van der Waals surface area contributed by atoms with E-state index >= 15 is 0 Å². The number of amides is 1. The van der Waals surface area contributed by atoms with Crippen molar-refractivity contribution in [3.05, 3.63) is 89.9 Å². The maximum atomic E-state index is 11.1. The van der Waals surface area contributed by atoms with Crippen molar-refractivity contribution in [2.75, 3.05) is 0 Å². The van der Waals surface area contributed by atoms with Gasteiger partial charge in [-0.1, -0.05) is 54.6 Å². The fourth-order valence-electron chi connectivity index (χ4n) is 3.05. The molecule has 5 nitrogen and oxygen atoms in total. The summed E-state index contributed by atoms with van der Waals surface area (Å²) in [5.74, 6) is 0.800. The second-order valence-corrected chi connectivity index (χ2v) is 7.18. The van der Waals surface area contributed by atoms with Crippen LogP contribution in [0.3, 0.4) is 0 Å². The van der Waals surface area contributed by atoms with E-state index in [-0.39, 0.29) is 0 Å². The van der Waals surface area contributed by atoms with Gasteiger partial charge in [0.15, 0.2) is 0 Å². The number of hydroxylamine groups is 1. The zero-order chi connectivity index (χ0) is 20.6. The molecule has 0 aliphatic heterocycles. The largest absolute Gasteiger partial charge is 0.460 e. The van der Waals surface area contributed by atoms with Crippen LogP contribution < -0.4 is 5.48 Å². The Kier molecular flexibility index (Phi) is 7.00. The van der Waals surface area contributed by atoms with Crippen molar-refractivity contribution in [1.29, 1.82) is 0 Å². The van der Waals surface area contributed by atoms with Gasteiger partial charge in [-0.3, -0.25) is 14.9 Å². The van der Waals surface area contributed by atoms with Crippen LogP contribution in [0.4, 0.5) is 0 Å². The van der Waals surface area contributed by atoms with Gasteiger partial charge in [0.25, 0.3) is 5.91 Å². The van der Waals surface area contributed by atoms with E-state index in [1.807, 2.05) is 30.3 Å². The van der Waals surface area contributed by atoms with Crippen LogP contribution in [0.5, 0.6) is 0 Å². The van der Waals surface area contributed by atoms with E-state index in [1.54, 1.807) is 5.48 Å². The standard InChI is InChI=1S/C24H26N2O3/c1-18(2)26(17-23-13-12-22(29-23)14-15-24(27)25-28)16-19-8-10-21(11-9-19)20-6-4-3-5-7-20/h3-15,18,28H,16-17H2,1-2H3,(H,25,27)/b15-14+. The normalized spacial score (nSPS) is 11.5. The second kappa shape index (κ2) is 9.87. The predicted octanol–water partition coefficient (Wildman–Crippen LogP) is 4.88. The Bertz CT molecular complexity index is 944. The number of furan rings is 1. The third-order valence-electron chi connectivity index (χ3n) is 4.73. The van der Waals surface area contributed by atoms with Crippen LogP contribution in [-0.2, 0) is 17.9 Å². The Morgan fingerprint density at radius 3 is 2.34 bits per heavy atom. The van der Waals surface area contributed by atoms with Crippen molar-refractivity contribution in [1.82, 2.24) is 10.4 Å². The fraction of sp³-hybridized carbons (Fsp3) is 0.208. The molecular weight excluding hydrogens is 364 g/mol. The number of carbonyl (C=O) groups excluding carboxylic acids is 1. The summed E-state index contributed by atoms with van der Waals surface area (Å²) >= 11 is 0. The molecule has 3 aromatic rings. The summed E-state index contributed by atoms with van der Waals surface area (Å²) in [5.41, 5.74) is 5.22. The second-order valence-electron chi connectivity index (χ2n) is 7.18. The highest BCUT2D eigenvalue weighted by molar-refractivity contribution is 5.90. The quantitative estimate of drug-likeness (QED) is 0.327. The Morgan fingerprint density at radius 2 is 1.69 bits per heavy atom. The molecule has 0 atom stereocenters. The minimum Gasteiger partial charge on any atom is -0.460 e. The van der Waals surface area contributed by atoms with E-state index in [0.717, 1.165) is 12.3 Å². The number of hydrogen-bond donors (Lipinski definition) is 2. The van der Waals surface area contributed by atoms with Gasteiger partial charge in [-0.15, -0.1) is 0 Å². The molecular formula is C24H26N2O3. The first kappa shape index (κ1) is 20.6. The first-order chi connectivity index (χ1) is 14.0. The molecule has 1 amide bonds. The molecule has 2 aromatic carbocycles. The summed E-state index contributed by atoms with van der Waals surface area (Å²) in [7, 11) is 0. The number of nitrogens with one attached hydrogen (secondary N) is 1. The smallest absolute Gasteiger partial charge is 0.267 e. The van der Waals surface area contributed by atoms with Crippen LogP contribution in [0.1, 0.15) is 30.9 Å². The lowest BCUT2D eigenvalue weighted by atomic mass is 10.0. The third kappa shape index (κ3) is 5.91. The lowest BCUT2D eigenvalue weighted by Gasteiger charge is -2.25. The molecule has 5 heteroatoms. The van der Waals surface area contributed by atoms with E-state index in [2.05, 4.69) is 55.1 Å². The average Bonchev–Trinajstić information content (AvgIpc) is 3.20. The van der Waals surface area contributed by atoms with Crippen molar-refractivity contribution in [3.63, 3.8) is 0 Å². The Balaban J connectivity index is 1.65. The van der Waals surface area contributed by atoms with Crippen LogP contribution in [0.25, 0.3) is 17.2 Å². The van der Waals surface area contributed by atoms with Gasteiger partial charge in [0, 0.05) is 18.7 Å². The van der Waals surface area contributed by atoms with E-state index < -0.39 is 5.91 Å². The minimum absolute atomic E-state index is 0.341. The van der Waals surface area contributed by atoms with Gasteiger partial charge in [-0.25, -0.2) is 5.48 Å². The van der Waals surface area contributed by atoms with Crippen LogP contribution >= 0.6 is 0 Å². The molecule has 1 heterocycles. The van der Waals surface area contributed by atoms with Crippen LogP contribution in [0.2, 0.25) is 0 Å². The SMILES string of the molecule is CC(C)N(Cc1ccc(-c2ccccc2)cc1)Cc1ccc(/C=C/C(=O)NO)o1. The summed E-state index contributed by atoms with van der Waals surface area (Å²) in [4.78, 5) is 13.4. The topological polar surface area (TPSA) is 65.7 Å². The van der Waals surface area contributed by atoms with E-state index in [0.29, 0.717) is 18.3 Å². The lowest BCUT2D eigenvalue weighted by Crippen LogP contribution is -2.29. The Morgan fingerprint density at radius 1 is 1.00 bits per heavy atom. The Hall–Kier alpha value is -3.15. The van der Waals surface area contributed by atoms with E-state index in [4.69, 9.17) is 9.62 Å². The van der Waals surface area contributed by atoms with Gasteiger partial charge in [0.2, 0.25) is 0 Å². The summed E-state index contributed by atoms with van der Waals surface area (Å²) < 4.78 is 5.78. The molecule has 0 radical (unpaired) electrons. The molecule has 2 N–H and O–H groups in total. The molecule has 0 aliphatic carbocycles. The molecule has 0 bridgehead atoms. The minimum atomic E-state index is -0.592. The lowest BCUT2D eigenvalue weighted by molar-refractivity contribution is -0.124. The number of hydrogen-bond acceptors (Lipinski definition) is 4. The first-order valence-corrected chi connectivity index (χ1v) is 9.64. The summed E-state index contributed by atoms with van der Waals surface area (Å²) in [5, 5.41) is 8.53. The highest BCUT2D eigenvalue weighted by Gasteiger charge is 2.13. The number of rotatable bonds is 8. The Labute approximate surface area is 171 Å². The third-order valence-corrected chi connectivity index (χ3v) is 4.73. The molecule has 0 spiro atoms. The average molecular weight is 390 g/mol. The monoisotopic (exact) mass is 390 g/mol. The van der Waals surface area contributed by atoms with Crippen LogP contribution in [0, 0.1) is 0 Å². The molecule has 0 saturated carbocycles. The van der Waals surface area contributed by atoms with Gasteiger partial charge in [-0.2, -0.15) is 0 Å². The summed E-state index contributed by atoms with van der Waals surface area (Å²) in [6.45, 7) is 5.80. The van der Waals surface area contributed by atoms with Gasteiger partial charge in [0.05, 0.1) is 6.54 Å². The molecule has 0 unspecified atom stereocenters. The van der Waals surface area contributed by atoms with Crippen molar-refractivity contribution >= 4 is 12.0 Å². The molecule has 0 aliphatic rings. The number of nitrogens with zero attached hydrogens (tertiary/aromatic N) is 1. The van der Waals surface area contributed by atoms with Crippen molar-refractivity contribution in [3.8, 4) is 11.1 Å². The highest BCUT2D eigenvalue weighted by atomic mass is 16.5. The van der Waals surface area contributed by atoms with Crippen molar-refractivity contribution in [2.24, 2.45) is 0 Å². The highest BCUT2D eigenvalue weighted by Crippen LogP contribution is 2.21.